The summed E-state index contributed by atoms with van der Waals surface area (Å²) in [4.78, 5) is 12.1. The number of nitrogens with zero attached hydrogens (tertiary/aromatic N) is 3. The summed E-state index contributed by atoms with van der Waals surface area (Å²) in [5.41, 5.74) is 2.03. The fraction of sp³-hybridized carbons (Fsp3) is 0.133. The lowest BCUT2D eigenvalue weighted by Gasteiger charge is -2.01. The van der Waals surface area contributed by atoms with Crippen molar-refractivity contribution in [1.29, 1.82) is 0 Å². The zero-order valence-electron chi connectivity index (χ0n) is 11.7. The van der Waals surface area contributed by atoms with Crippen LogP contribution < -0.4 is 5.32 Å². The van der Waals surface area contributed by atoms with Gasteiger partial charge in [0.25, 0.3) is 5.91 Å². The van der Waals surface area contributed by atoms with Gasteiger partial charge in [-0.3, -0.25) is 9.48 Å². The third kappa shape index (κ3) is 2.69. The molecule has 2 aromatic heterocycles. The van der Waals surface area contributed by atoms with E-state index in [0.29, 0.717) is 11.6 Å². The largest absolute Gasteiger partial charge is 0.361 e. The van der Waals surface area contributed by atoms with Gasteiger partial charge in [-0.05, 0) is 6.92 Å². The smallest absolute Gasteiger partial charge is 0.278 e. The first-order valence-electron chi connectivity index (χ1n) is 6.47. The second kappa shape index (κ2) is 5.24. The van der Waals surface area contributed by atoms with Crippen molar-refractivity contribution in [3.05, 3.63) is 53.9 Å². The number of hydrogen-bond acceptors (Lipinski definition) is 4. The van der Waals surface area contributed by atoms with Gasteiger partial charge < -0.3 is 9.84 Å². The highest BCUT2D eigenvalue weighted by Gasteiger charge is 2.14. The molecule has 1 amide bonds. The molecule has 6 heteroatoms. The van der Waals surface area contributed by atoms with E-state index in [2.05, 4.69) is 15.6 Å². The van der Waals surface area contributed by atoms with Crippen molar-refractivity contribution in [2.45, 2.75) is 6.92 Å². The first kappa shape index (κ1) is 13.1. The van der Waals surface area contributed by atoms with Crippen LogP contribution in [0, 0.1) is 6.92 Å². The van der Waals surface area contributed by atoms with Gasteiger partial charge >= 0.3 is 0 Å². The normalized spacial score (nSPS) is 10.6. The third-order valence-corrected chi connectivity index (χ3v) is 3.05. The molecular weight excluding hydrogens is 268 g/mol. The van der Waals surface area contributed by atoms with Gasteiger partial charge in [0, 0.05) is 24.7 Å². The number of carbonyl (C=O) groups is 1. The van der Waals surface area contributed by atoms with Crippen molar-refractivity contribution >= 4 is 11.7 Å². The molecule has 106 valence electrons. The van der Waals surface area contributed by atoms with E-state index in [1.54, 1.807) is 24.7 Å². The first-order chi connectivity index (χ1) is 10.1. The van der Waals surface area contributed by atoms with Crippen molar-refractivity contribution in [2.24, 2.45) is 7.05 Å². The predicted molar refractivity (Wildman–Crippen MR) is 77.8 cm³/mol. The average molecular weight is 282 g/mol. The molecule has 0 spiro atoms. The van der Waals surface area contributed by atoms with Gasteiger partial charge in [-0.25, -0.2) is 0 Å². The molecule has 0 saturated heterocycles. The minimum Gasteiger partial charge on any atom is -0.361 e. The van der Waals surface area contributed by atoms with Crippen molar-refractivity contribution in [3.63, 3.8) is 0 Å². The van der Waals surface area contributed by atoms with Gasteiger partial charge in [-0.2, -0.15) is 5.10 Å². The maximum atomic E-state index is 12.1. The van der Waals surface area contributed by atoms with Crippen molar-refractivity contribution in [1.82, 2.24) is 14.9 Å². The van der Waals surface area contributed by atoms with Crippen LogP contribution in [0.15, 0.2) is 47.0 Å². The van der Waals surface area contributed by atoms with E-state index in [0.717, 1.165) is 11.3 Å². The molecule has 0 radical (unpaired) electrons. The highest BCUT2D eigenvalue weighted by atomic mass is 16.5. The molecular formula is C15H14N4O2. The van der Waals surface area contributed by atoms with Crippen LogP contribution in [-0.2, 0) is 7.05 Å². The Bertz CT molecular complexity index is 774. The van der Waals surface area contributed by atoms with E-state index >= 15 is 0 Å². The SMILES string of the molecule is Cc1cc(C(=O)Nc2cc(-c3ccccc3)nn2C)no1. The van der Waals surface area contributed by atoms with E-state index in [9.17, 15) is 4.79 Å². The number of hydrogen-bond donors (Lipinski definition) is 1. The van der Waals surface area contributed by atoms with Crippen LogP contribution in [0.1, 0.15) is 16.2 Å². The Morgan fingerprint density at radius 1 is 1.24 bits per heavy atom. The molecule has 0 bridgehead atoms. The van der Waals surface area contributed by atoms with Crippen LogP contribution in [0.2, 0.25) is 0 Å². The quantitative estimate of drug-likeness (QED) is 0.801. The summed E-state index contributed by atoms with van der Waals surface area (Å²) < 4.78 is 6.51. The van der Waals surface area contributed by atoms with E-state index in [-0.39, 0.29) is 11.6 Å². The lowest BCUT2D eigenvalue weighted by molar-refractivity contribution is 0.101. The van der Waals surface area contributed by atoms with Gasteiger partial charge in [0.15, 0.2) is 5.69 Å². The topological polar surface area (TPSA) is 73.0 Å². The number of aromatic nitrogens is 3. The first-order valence-corrected chi connectivity index (χ1v) is 6.47. The number of benzene rings is 1. The molecule has 2 heterocycles. The van der Waals surface area contributed by atoms with Crippen molar-refractivity contribution < 1.29 is 9.32 Å². The zero-order chi connectivity index (χ0) is 14.8. The van der Waals surface area contributed by atoms with E-state index in [1.807, 2.05) is 36.4 Å². The summed E-state index contributed by atoms with van der Waals surface area (Å²) in [7, 11) is 1.77. The average Bonchev–Trinajstić information content (AvgIpc) is 3.07. The second-order valence-electron chi connectivity index (χ2n) is 4.68. The van der Waals surface area contributed by atoms with Crippen LogP contribution in [0.25, 0.3) is 11.3 Å². The molecule has 0 unspecified atom stereocenters. The maximum Gasteiger partial charge on any atom is 0.278 e. The van der Waals surface area contributed by atoms with Crippen LogP contribution in [0.5, 0.6) is 0 Å². The summed E-state index contributed by atoms with van der Waals surface area (Å²) >= 11 is 0. The molecule has 0 aliphatic heterocycles. The standard InChI is InChI=1S/C15H14N4O2/c1-10-8-13(18-21-10)15(20)16-14-9-12(17-19(14)2)11-6-4-3-5-7-11/h3-9H,1-2H3,(H,16,20). The lowest BCUT2D eigenvalue weighted by atomic mass is 10.1. The molecule has 3 rings (SSSR count). The van der Waals surface area contributed by atoms with Crippen LogP contribution >= 0.6 is 0 Å². The molecule has 21 heavy (non-hydrogen) atoms. The van der Waals surface area contributed by atoms with Gasteiger partial charge in [-0.15, -0.1) is 0 Å². The molecule has 0 aliphatic carbocycles. The zero-order valence-corrected chi connectivity index (χ0v) is 11.7. The van der Waals surface area contributed by atoms with Gasteiger partial charge in [0.05, 0.1) is 5.69 Å². The van der Waals surface area contributed by atoms with Gasteiger partial charge in [0.1, 0.15) is 11.6 Å². The van der Waals surface area contributed by atoms with E-state index in [4.69, 9.17) is 4.52 Å². The third-order valence-electron chi connectivity index (χ3n) is 3.05. The second-order valence-corrected chi connectivity index (χ2v) is 4.68. The molecule has 0 atom stereocenters. The van der Waals surface area contributed by atoms with Crippen LogP contribution in [0.4, 0.5) is 5.82 Å². The molecule has 0 fully saturated rings. The van der Waals surface area contributed by atoms with E-state index in [1.165, 1.54) is 0 Å². The lowest BCUT2D eigenvalue weighted by Crippen LogP contribution is -2.14. The Kier molecular flexibility index (Phi) is 3.27. The fourth-order valence-corrected chi connectivity index (χ4v) is 1.99. The molecule has 1 N–H and O–H groups in total. The summed E-state index contributed by atoms with van der Waals surface area (Å²) in [6.07, 6.45) is 0. The predicted octanol–water partition coefficient (Wildman–Crippen LogP) is 2.64. The molecule has 0 aliphatic rings. The van der Waals surface area contributed by atoms with Crippen LogP contribution in [-0.4, -0.2) is 20.8 Å². The number of anilines is 1. The Labute approximate surface area is 121 Å². The number of carbonyl (C=O) groups excluding carboxylic acids is 1. The highest BCUT2D eigenvalue weighted by Crippen LogP contribution is 2.21. The minimum absolute atomic E-state index is 0.245. The summed E-state index contributed by atoms with van der Waals surface area (Å²) in [6.45, 7) is 1.74. The Balaban J connectivity index is 1.84. The molecule has 6 nitrogen and oxygen atoms in total. The summed E-state index contributed by atoms with van der Waals surface area (Å²) in [5, 5.41) is 10.8. The Hall–Kier alpha value is -2.89. The molecule has 1 aromatic carbocycles. The summed E-state index contributed by atoms with van der Waals surface area (Å²) in [6, 6.07) is 13.2. The van der Waals surface area contributed by atoms with Gasteiger partial charge in [-0.1, -0.05) is 35.5 Å². The molecule has 3 aromatic rings. The number of amides is 1. The number of aryl methyl sites for hydroxylation is 2. The highest BCUT2D eigenvalue weighted by molar-refractivity contribution is 6.02. The maximum absolute atomic E-state index is 12.1. The fourth-order valence-electron chi connectivity index (χ4n) is 1.99. The van der Waals surface area contributed by atoms with Gasteiger partial charge in [0.2, 0.25) is 0 Å². The monoisotopic (exact) mass is 282 g/mol. The number of rotatable bonds is 3. The van der Waals surface area contributed by atoms with Crippen molar-refractivity contribution in [2.75, 3.05) is 5.32 Å². The van der Waals surface area contributed by atoms with Crippen LogP contribution in [0.3, 0.4) is 0 Å². The van der Waals surface area contributed by atoms with Crippen molar-refractivity contribution in [3.8, 4) is 11.3 Å². The summed E-state index contributed by atoms with van der Waals surface area (Å²) in [5.74, 6) is 0.865. The Morgan fingerprint density at radius 3 is 2.67 bits per heavy atom. The number of nitrogens with one attached hydrogen (secondary N) is 1. The minimum atomic E-state index is -0.325. The van der Waals surface area contributed by atoms with E-state index < -0.39 is 0 Å². The molecule has 0 saturated carbocycles. The Morgan fingerprint density at radius 2 is 2.00 bits per heavy atom.